The van der Waals surface area contributed by atoms with Crippen LogP contribution >= 0.6 is 0 Å². The van der Waals surface area contributed by atoms with Crippen LogP contribution in [0, 0.1) is 5.92 Å². The number of hydrogen-bond donors (Lipinski definition) is 0. The molecule has 0 aliphatic carbocycles. The molecule has 2 aliphatic heterocycles. The molecular formula is C24H28N2O4. The first kappa shape index (κ1) is 20.3. The summed E-state index contributed by atoms with van der Waals surface area (Å²) in [6.07, 6.45) is 0.750. The highest BCUT2D eigenvalue weighted by molar-refractivity contribution is 6.01. The van der Waals surface area contributed by atoms with Gasteiger partial charge in [-0.2, -0.15) is 0 Å². The Balaban J connectivity index is 1.58. The van der Waals surface area contributed by atoms with Crippen LogP contribution < -0.4 is 9.47 Å². The fourth-order valence-electron chi connectivity index (χ4n) is 4.54. The molecule has 0 radical (unpaired) electrons. The zero-order chi connectivity index (χ0) is 21.4. The van der Waals surface area contributed by atoms with Crippen molar-refractivity contribution in [1.82, 2.24) is 9.80 Å². The predicted molar refractivity (Wildman–Crippen MR) is 114 cm³/mol. The van der Waals surface area contributed by atoms with E-state index in [1.54, 1.807) is 19.1 Å². The largest absolute Gasteiger partial charge is 0.493 e. The number of hydrogen-bond acceptors (Lipinski definition) is 4. The van der Waals surface area contributed by atoms with Gasteiger partial charge >= 0.3 is 0 Å². The Labute approximate surface area is 177 Å². The molecule has 30 heavy (non-hydrogen) atoms. The smallest absolute Gasteiger partial charge is 0.255 e. The second-order valence-electron chi connectivity index (χ2n) is 8.26. The zero-order valence-electron chi connectivity index (χ0n) is 18.0. The summed E-state index contributed by atoms with van der Waals surface area (Å²) in [5, 5.41) is 0. The Hall–Kier alpha value is -3.02. The molecule has 2 heterocycles. The number of benzene rings is 2. The number of ether oxygens (including phenoxy) is 2. The molecule has 158 valence electrons. The SMILES string of the molecule is COc1cc2c(cc1OC)CN(C(=O)C(C(C)C)N1Cc3ccccc3C1=O)CC2. The molecule has 1 unspecified atom stereocenters. The van der Waals surface area contributed by atoms with Crippen molar-refractivity contribution in [2.24, 2.45) is 5.92 Å². The lowest BCUT2D eigenvalue weighted by molar-refractivity contribution is -0.138. The second kappa shape index (κ2) is 8.01. The number of methoxy groups -OCH3 is 2. The Morgan fingerprint density at radius 3 is 2.27 bits per heavy atom. The first-order valence-corrected chi connectivity index (χ1v) is 10.4. The lowest BCUT2D eigenvalue weighted by atomic mass is 9.96. The fraction of sp³-hybridized carbons (Fsp3) is 0.417. The third kappa shape index (κ3) is 3.40. The normalized spacial score (nSPS) is 16.4. The molecule has 6 heteroatoms. The van der Waals surface area contributed by atoms with Crippen LogP contribution in [0.2, 0.25) is 0 Å². The van der Waals surface area contributed by atoms with Gasteiger partial charge in [-0.15, -0.1) is 0 Å². The van der Waals surface area contributed by atoms with E-state index in [9.17, 15) is 9.59 Å². The maximum absolute atomic E-state index is 13.6. The number of amides is 2. The van der Waals surface area contributed by atoms with E-state index in [0.717, 1.165) is 17.5 Å². The van der Waals surface area contributed by atoms with Crippen molar-refractivity contribution in [2.75, 3.05) is 20.8 Å². The number of carbonyl (C=O) groups is 2. The minimum atomic E-state index is -0.480. The number of rotatable bonds is 5. The predicted octanol–water partition coefficient (Wildman–Crippen LogP) is 3.27. The highest BCUT2D eigenvalue weighted by Crippen LogP contribution is 2.34. The molecule has 2 aromatic rings. The van der Waals surface area contributed by atoms with Gasteiger partial charge in [0, 0.05) is 25.2 Å². The summed E-state index contributed by atoms with van der Waals surface area (Å²) in [4.78, 5) is 30.2. The van der Waals surface area contributed by atoms with E-state index >= 15 is 0 Å². The molecule has 4 rings (SSSR count). The van der Waals surface area contributed by atoms with Crippen molar-refractivity contribution in [3.63, 3.8) is 0 Å². The van der Waals surface area contributed by atoms with Crippen molar-refractivity contribution in [3.05, 3.63) is 58.7 Å². The van der Waals surface area contributed by atoms with Crippen molar-refractivity contribution < 1.29 is 19.1 Å². The third-order valence-electron chi connectivity index (χ3n) is 6.10. The van der Waals surface area contributed by atoms with Crippen LogP contribution in [0.3, 0.4) is 0 Å². The Bertz CT molecular complexity index is 985. The van der Waals surface area contributed by atoms with Crippen molar-refractivity contribution in [3.8, 4) is 11.5 Å². The van der Waals surface area contributed by atoms with Crippen LogP contribution in [0.15, 0.2) is 36.4 Å². The Morgan fingerprint density at radius 1 is 0.967 bits per heavy atom. The molecular weight excluding hydrogens is 380 g/mol. The summed E-state index contributed by atoms with van der Waals surface area (Å²) in [6, 6.07) is 11.1. The third-order valence-corrected chi connectivity index (χ3v) is 6.10. The molecule has 0 spiro atoms. The Kier molecular flexibility index (Phi) is 5.41. The quantitative estimate of drug-likeness (QED) is 0.762. The molecule has 2 aromatic carbocycles. The van der Waals surface area contributed by atoms with Crippen LogP contribution in [-0.2, 0) is 24.3 Å². The summed E-state index contributed by atoms with van der Waals surface area (Å²) < 4.78 is 10.8. The summed E-state index contributed by atoms with van der Waals surface area (Å²) in [5.41, 5.74) is 3.92. The van der Waals surface area contributed by atoms with E-state index in [2.05, 4.69) is 0 Å². The average molecular weight is 408 g/mol. The van der Waals surface area contributed by atoms with Gasteiger partial charge in [0.2, 0.25) is 5.91 Å². The minimum Gasteiger partial charge on any atom is -0.493 e. The summed E-state index contributed by atoms with van der Waals surface area (Å²) >= 11 is 0. The van der Waals surface area contributed by atoms with Crippen LogP contribution in [0.4, 0.5) is 0 Å². The van der Waals surface area contributed by atoms with Crippen LogP contribution in [0.1, 0.15) is 40.9 Å². The number of nitrogens with zero attached hydrogens (tertiary/aromatic N) is 2. The van der Waals surface area contributed by atoms with Crippen LogP contribution in [-0.4, -0.2) is 48.4 Å². The van der Waals surface area contributed by atoms with Crippen molar-refractivity contribution in [1.29, 1.82) is 0 Å². The van der Waals surface area contributed by atoms with E-state index < -0.39 is 6.04 Å². The van der Waals surface area contributed by atoms with Crippen LogP contribution in [0.25, 0.3) is 0 Å². The van der Waals surface area contributed by atoms with Gasteiger partial charge in [-0.3, -0.25) is 9.59 Å². The Morgan fingerprint density at radius 2 is 1.63 bits per heavy atom. The molecule has 2 aliphatic rings. The molecule has 0 saturated carbocycles. The molecule has 0 fully saturated rings. The lowest BCUT2D eigenvalue weighted by Crippen LogP contribution is -2.52. The minimum absolute atomic E-state index is 0.00610. The van der Waals surface area contributed by atoms with E-state index in [0.29, 0.717) is 36.7 Å². The van der Waals surface area contributed by atoms with E-state index in [4.69, 9.17) is 9.47 Å². The maximum Gasteiger partial charge on any atom is 0.255 e. The van der Waals surface area contributed by atoms with Crippen molar-refractivity contribution in [2.45, 2.75) is 39.4 Å². The molecule has 1 atom stereocenters. The van der Waals surface area contributed by atoms with E-state index in [-0.39, 0.29) is 17.7 Å². The van der Waals surface area contributed by atoms with Crippen LogP contribution in [0.5, 0.6) is 11.5 Å². The molecule has 6 nitrogen and oxygen atoms in total. The van der Waals surface area contributed by atoms with Gasteiger partial charge < -0.3 is 19.3 Å². The van der Waals surface area contributed by atoms with Crippen molar-refractivity contribution >= 4 is 11.8 Å². The van der Waals surface area contributed by atoms with Gasteiger partial charge in [0.15, 0.2) is 11.5 Å². The van der Waals surface area contributed by atoms with Gasteiger partial charge in [-0.25, -0.2) is 0 Å². The first-order chi connectivity index (χ1) is 14.4. The molecule has 0 bridgehead atoms. The first-order valence-electron chi connectivity index (χ1n) is 10.4. The lowest BCUT2D eigenvalue weighted by Gasteiger charge is -2.37. The monoisotopic (exact) mass is 408 g/mol. The van der Waals surface area contributed by atoms with Gasteiger partial charge in [0.05, 0.1) is 14.2 Å². The number of fused-ring (bicyclic) bond motifs is 2. The van der Waals surface area contributed by atoms with E-state index in [1.807, 2.05) is 55.1 Å². The molecule has 0 aromatic heterocycles. The highest BCUT2D eigenvalue weighted by Gasteiger charge is 2.40. The van der Waals surface area contributed by atoms with Gasteiger partial charge in [0.1, 0.15) is 6.04 Å². The summed E-state index contributed by atoms with van der Waals surface area (Å²) in [6.45, 7) is 5.63. The maximum atomic E-state index is 13.6. The average Bonchev–Trinajstić information content (AvgIpc) is 3.08. The molecule has 0 saturated heterocycles. The fourth-order valence-corrected chi connectivity index (χ4v) is 4.54. The van der Waals surface area contributed by atoms with Gasteiger partial charge in [-0.05, 0) is 47.2 Å². The van der Waals surface area contributed by atoms with Gasteiger partial charge in [-0.1, -0.05) is 32.0 Å². The summed E-state index contributed by atoms with van der Waals surface area (Å²) in [7, 11) is 3.24. The van der Waals surface area contributed by atoms with Gasteiger partial charge in [0.25, 0.3) is 5.91 Å². The van der Waals surface area contributed by atoms with E-state index in [1.165, 1.54) is 5.56 Å². The highest BCUT2D eigenvalue weighted by atomic mass is 16.5. The topological polar surface area (TPSA) is 59.1 Å². The molecule has 2 amide bonds. The molecule has 0 N–H and O–H groups in total. The second-order valence-corrected chi connectivity index (χ2v) is 8.26. The zero-order valence-corrected chi connectivity index (χ0v) is 18.0. The standard InChI is InChI=1S/C24H28N2O4/c1-15(2)22(26-14-17-7-5-6-8-19(17)23(26)27)24(28)25-10-9-16-11-20(29-3)21(30-4)12-18(16)13-25/h5-8,11-12,15,22H,9-10,13-14H2,1-4H3. The number of carbonyl (C=O) groups excluding carboxylic acids is 2. The summed E-state index contributed by atoms with van der Waals surface area (Å²) in [5.74, 6) is 1.34.